The van der Waals surface area contributed by atoms with Crippen molar-refractivity contribution in [3.63, 3.8) is 0 Å². The van der Waals surface area contributed by atoms with Crippen molar-refractivity contribution in [1.82, 2.24) is 10.2 Å². The maximum Gasteiger partial charge on any atom is 0.324 e. The molecule has 0 bridgehead atoms. The highest BCUT2D eigenvalue weighted by atomic mass is 16.4. The summed E-state index contributed by atoms with van der Waals surface area (Å²) in [6.07, 6.45) is 2.64. The molecule has 1 aliphatic rings. The van der Waals surface area contributed by atoms with Crippen LogP contribution in [0, 0.1) is 5.92 Å². The Hall–Kier alpha value is -1.59. The Kier molecular flexibility index (Phi) is 5.61. The van der Waals surface area contributed by atoms with Gasteiger partial charge in [0.15, 0.2) is 0 Å². The van der Waals surface area contributed by atoms with Gasteiger partial charge in [-0.05, 0) is 18.8 Å². The lowest BCUT2D eigenvalue weighted by atomic mass is 9.95. The molecule has 0 radical (unpaired) electrons. The molecule has 102 valence electrons. The van der Waals surface area contributed by atoms with Gasteiger partial charge in [0.05, 0.1) is 6.42 Å². The molecule has 0 aromatic heterocycles. The second kappa shape index (κ2) is 6.98. The zero-order chi connectivity index (χ0) is 13.5. The number of carboxylic acid groups (broad SMARTS) is 1. The Morgan fingerprint density at radius 2 is 1.83 bits per heavy atom. The molecule has 1 fully saturated rings. The van der Waals surface area contributed by atoms with Gasteiger partial charge in [-0.1, -0.05) is 13.3 Å². The fourth-order valence-electron chi connectivity index (χ4n) is 2.03. The smallest absolute Gasteiger partial charge is 0.324 e. The van der Waals surface area contributed by atoms with Crippen LogP contribution in [0.1, 0.15) is 39.0 Å². The topological polar surface area (TPSA) is 86.7 Å². The number of imide groups is 1. The lowest BCUT2D eigenvalue weighted by Gasteiger charge is -2.31. The highest BCUT2D eigenvalue weighted by molar-refractivity contribution is 5.95. The molecular formula is C12H20N2O4. The number of amides is 3. The summed E-state index contributed by atoms with van der Waals surface area (Å²) in [7, 11) is 0. The number of carbonyl (C=O) groups is 3. The van der Waals surface area contributed by atoms with Gasteiger partial charge in [-0.25, -0.2) is 4.79 Å². The number of hydrogen-bond donors (Lipinski definition) is 2. The summed E-state index contributed by atoms with van der Waals surface area (Å²) in [4.78, 5) is 34.9. The Morgan fingerprint density at radius 1 is 1.22 bits per heavy atom. The molecule has 1 aliphatic heterocycles. The number of aliphatic carboxylic acids is 1. The average molecular weight is 256 g/mol. The lowest BCUT2D eigenvalue weighted by molar-refractivity contribution is -0.138. The van der Waals surface area contributed by atoms with E-state index in [4.69, 9.17) is 5.11 Å². The van der Waals surface area contributed by atoms with E-state index in [-0.39, 0.29) is 12.8 Å². The van der Waals surface area contributed by atoms with Crippen molar-refractivity contribution in [2.24, 2.45) is 5.92 Å². The quantitative estimate of drug-likeness (QED) is 0.791. The molecule has 0 unspecified atom stereocenters. The van der Waals surface area contributed by atoms with E-state index in [0.29, 0.717) is 19.0 Å². The van der Waals surface area contributed by atoms with Crippen molar-refractivity contribution >= 4 is 17.9 Å². The molecular weight excluding hydrogens is 236 g/mol. The van der Waals surface area contributed by atoms with Crippen LogP contribution < -0.4 is 5.32 Å². The number of carbonyl (C=O) groups excluding carboxylic acids is 2. The SMILES string of the molecule is CCC1CCN(C(=O)NC(=O)CCC(=O)O)CC1. The van der Waals surface area contributed by atoms with Crippen molar-refractivity contribution in [3.8, 4) is 0 Å². The maximum absolute atomic E-state index is 11.7. The van der Waals surface area contributed by atoms with Crippen LogP contribution in [0.3, 0.4) is 0 Å². The number of piperidine rings is 1. The zero-order valence-corrected chi connectivity index (χ0v) is 10.6. The van der Waals surface area contributed by atoms with Crippen molar-refractivity contribution in [1.29, 1.82) is 0 Å². The molecule has 0 saturated carbocycles. The normalized spacial score (nSPS) is 16.4. The Bertz CT molecular complexity index is 322. The minimum Gasteiger partial charge on any atom is -0.481 e. The van der Waals surface area contributed by atoms with Gasteiger partial charge in [-0.2, -0.15) is 0 Å². The summed E-state index contributed by atoms with van der Waals surface area (Å²) < 4.78 is 0. The zero-order valence-electron chi connectivity index (χ0n) is 10.6. The number of nitrogens with zero attached hydrogens (tertiary/aromatic N) is 1. The van der Waals surface area contributed by atoms with E-state index in [1.807, 2.05) is 0 Å². The van der Waals surface area contributed by atoms with E-state index >= 15 is 0 Å². The summed E-state index contributed by atoms with van der Waals surface area (Å²) in [6, 6.07) is -0.403. The van der Waals surface area contributed by atoms with Gasteiger partial charge < -0.3 is 10.0 Å². The molecule has 1 heterocycles. The van der Waals surface area contributed by atoms with Crippen LogP contribution in [0.2, 0.25) is 0 Å². The molecule has 1 rings (SSSR count). The van der Waals surface area contributed by atoms with Crippen molar-refractivity contribution in [2.75, 3.05) is 13.1 Å². The first-order valence-corrected chi connectivity index (χ1v) is 6.33. The monoisotopic (exact) mass is 256 g/mol. The molecule has 0 atom stereocenters. The third kappa shape index (κ3) is 4.73. The van der Waals surface area contributed by atoms with Gasteiger partial charge in [0, 0.05) is 19.5 Å². The Morgan fingerprint density at radius 3 is 2.33 bits per heavy atom. The first kappa shape index (κ1) is 14.5. The number of rotatable bonds is 4. The molecule has 2 N–H and O–H groups in total. The fourth-order valence-corrected chi connectivity index (χ4v) is 2.03. The predicted molar refractivity (Wildman–Crippen MR) is 65.0 cm³/mol. The van der Waals surface area contributed by atoms with E-state index < -0.39 is 17.9 Å². The Balaban J connectivity index is 2.28. The standard InChI is InChI=1S/C12H20N2O4/c1-2-9-5-7-14(8-6-9)12(18)13-10(15)3-4-11(16)17/h9H,2-8H2,1H3,(H,16,17)(H,13,15,18). The van der Waals surface area contributed by atoms with Crippen LogP contribution in [0.15, 0.2) is 0 Å². The van der Waals surface area contributed by atoms with Crippen LogP contribution in [-0.4, -0.2) is 41.0 Å². The van der Waals surface area contributed by atoms with Crippen molar-refractivity contribution in [3.05, 3.63) is 0 Å². The molecule has 0 aromatic carbocycles. The number of urea groups is 1. The number of nitrogens with one attached hydrogen (secondary N) is 1. The number of likely N-dealkylation sites (tertiary alicyclic amines) is 1. The molecule has 3 amide bonds. The first-order valence-electron chi connectivity index (χ1n) is 6.33. The highest BCUT2D eigenvalue weighted by Crippen LogP contribution is 2.19. The van der Waals surface area contributed by atoms with Gasteiger partial charge in [0.25, 0.3) is 0 Å². The van der Waals surface area contributed by atoms with E-state index in [9.17, 15) is 14.4 Å². The second-order valence-electron chi connectivity index (χ2n) is 4.59. The second-order valence-corrected chi connectivity index (χ2v) is 4.59. The molecule has 18 heavy (non-hydrogen) atoms. The van der Waals surface area contributed by atoms with Crippen LogP contribution in [-0.2, 0) is 9.59 Å². The van der Waals surface area contributed by atoms with Gasteiger partial charge >= 0.3 is 12.0 Å². The summed E-state index contributed by atoms with van der Waals surface area (Å²) >= 11 is 0. The molecule has 1 saturated heterocycles. The largest absolute Gasteiger partial charge is 0.481 e. The average Bonchev–Trinajstić information content (AvgIpc) is 2.36. The first-order chi connectivity index (χ1) is 8.52. The third-order valence-corrected chi connectivity index (χ3v) is 3.29. The summed E-state index contributed by atoms with van der Waals surface area (Å²) in [5, 5.41) is 10.6. The van der Waals surface area contributed by atoms with E-state index in [2.05, 4.69) is 12.2 Å². The number of carboxylic acids is 1. The lowest BCUT2D eigenvalue weighted by Crippen LogP contribution is -2.46. The van der Waals surface area contributed by atoms with Crippen LogP contribution >= 0.6 is 0 Å². The molecule has 0 aliphatic carbocycles. The Labute approximate surface area is 106 Å². The van der Waals surface area contributed by atoms with Crippen LogP contribution in [0.5, 0.6) is 0 Å². The molecule has 6 heteroatoms. The van der Waals surface area contributed by atoms with Gasteiger partial charge in [-0.3, -0.25) is 14.9 Å². The predicted octanol–water partition coefficient (Wildman–Crippen LogP) is 1.21. The van der Waals surface area contributed by atoms with E-state index in [0.717, 1.165) is 19.3 Å². The van der Waals surface area contributed by atoms with Crippen LogP contribution in [0.25, 0.3) is 0 Å². The highest BCUT2D eigenvalue weighted by Gasteiger charge is 2.22. The minimum absolute atomic E-state index is 0.160. The maximum atomic E-state index is 11.7. The number of hydrogen-bond acceptors (Lipinski definition) is 3. The van der Waals surface area contributed by atoms with Gasteiger partial charge in [-0.15, -0.1) is 0 Å². The van der Waals surface area contributed by atoms with E-state index in [1.165, 1.54) is 0 Å². The van der Waals surface area contributed by atoms with Crippen molar-refractivity contribution in [2.45, 2.75) is 39.0 Å². The molecule has 0 aromatic rings. The fraction of sp³-hybridized carbons (Fsp3) is 0.750. The van der Waals surface area contributed by atoms with Gasteiger partial charge in [0.2, 0.25) is 5.91 Å². The van der Waals surface area contributed by atoms with Crippen molar-refractivity contribution < 1.29 is 19.5 Å². The summed E-state index contributed by atoms with van der Waals surface area (Å²) in [5.41, 5.74) is 0. The minimum atomic E-state index is -1.04. The third-order valence-electron chi connectivity index (χ3n) is 3.29. The van der Waals surface area contributed by atoms with Gasteiger partial charge in [0.1, 0.15) is 0 Å². The summed E-state index contributed by atoms with van der Waals surface area (Å²) in [5.74, 6) is -0.905. The van der Waals surface area contributed by atoms with E-state index in [1.54, 1.807) is 4.90 Å². The molecule has 6 nitrogen and oxygen atoms in total. The van der Waals surface area contributed by atoms with Crippen LogP contribution in [0.4, 0.5) is 4.79 Å². The summed E-state index contributed by atoms with van der Waals surface area (Å²) in [6.45, 7) is 3.46. The molecule has 0 spiro atoms.